The Hall–Kier alpha value is -3.52. The summed E-state index contributed by atoms with van der Waals surface area (Å²) >= 11 is 1.36. The molecule has 4 aromatic rings. The van der Waals surface area contributed by atoms with Gasteiger partial charge in [0.05, 0.1) is 33.5 Å². The van der Waals surface area contributed by atoms with Crippen molar-refractivity contribution in [3.8, 4) is 0 Å². The number of sulfonamides is 1. The number of anilines is 1. The van der Waals surface area contributed by atoms with Gasteiger partial charge in [0, 0.05) is 20.1 Å². The molecular formula is C27H33N5O6S2. The van der Waals surface area contributed by atoms with Crippen molar-refractivity contribution in [3.05, 3.63) is 72.4 Å². The fourth-order valence-electron chi connectivity index (χ4n) is 4.19. The Morgan fingerprint density at radius 1 is 1.20 bits per heavy atom. The third-order valence-corrected chi connectivity index (χ3v) is 9.03. The Bertz CT molecular complexity index is 1490. The van der Waals surface area contributed by atoms with Crippen LogP contribution in [-0.4, -0.2) is 66.2 Å². The Balaban J connectivity index is 1.61. The van der Waals surface area contributed by atoms with Gasteiger partial charge < -0.3 is 24.9 Å². The van der Waals surface area contributed by atoms with Gasteiger partial charge in [-0.3, -0.25) is 0 Å². The van der Waals surface area contributed by atoms with Crippen LogP contribution in [0.3, 0.4) is 0 Å². The first-order valence-electron chi connectivity index (χ1n) is 12.8. The van der Waals surface area contributed by atoms with E-state index in [0.29, 0.717) is 16.4 Å². The van der Waals surface area contributed by atoms with E-state index < -0.39 is 28.3 Å². The molecule has 2 unspecified atom stereocenters. The number of aromatic nitrogens is 2. The van der Waals surface area contributed by atoms with Crippen molar-refractivity contribution in [2.45, 2.75) is 43.9 Å². The van der Waals surface area contributed by atoms with Gasteiger partial charge in [-0.25, -0.2) is 23.2 Å². The molecule has 11 nitrogen and oxygen atoms in total. The maximum atomic E-state index is 14.2. The molecule has 4 rings (SSSR count). The number of thiazole rings is 1. The molecule has 0 aliphatic carbocycles. The number of hydrogen-bond acceptors (Lipinski definition) is 10. The molecule has 0 bridgehead atoms. The number of fused-ring (bicyclic) bond motifs is 1. The largest absolute Gasteiger partial charge is 0.445 e. The Labute approximate surface area is 237 Å². The van der Waals surface area contributed by atoms with Crippen LogP contribution < -0.4 is 10.6 Å². The summed E-state index contributed by atoms with van der Waals surface area (Å²) in [7, 11) is -2.30. The number of ether oxygens (including phenoxy) is 1. The van der Waals surface area contributed by atoms with Crippen LogP contribution in [0.5, 0.6) is 0 Å². The molecule has 3 N–H and O–H groups in total. The normalized spacial score (nSPS) is 13.4. The minimum atomic E-state index is -4.06. The summed E-state index contributed by atoms with van der Waals surface area (Å²) in [5.74, 6) is 0.328. The van der Waals surface area contributed by atoms with Crippen molar-refractivity contribution >= 4 is 42.8 Å². The fraction of sp³-hybridized carbons (Fsp3) is 0.370. The number of carbonyl (C=O) groups excluding carboxylic acids is 1. The standard InChI is InChI=1S/C27H33N5O6S2/c1-18(2)15-32(40(35,36)21-9-10-22-25(12-21)39-26(28-3)31-22)23(11-19-7-5-4-6-8-19)24(33)14-30-27(34)37-16-20-13-29-17-38-20/h4-10,12-13,17-18,23-24,33H,11,14-16H2,1-3H3,(H,28,31)(H,30,34). The highest BCUT2D eigenvalue weighted by Crippen LogP contribution is 2.30. The summed E-state index contributed by atoms with van der Waals surface area (Å²) in [6, 6.07) is 13.3. The van der Waals surface area contributed by atoms with Gasteiger partial charge in [0.25, 0.3) is 0 Å². The van der Waals surface area contributed by atoms with E-state index in [-0.39, 0.29) is 36.9 Å². The molecule has 0 saturated carbocycles. The Morgan fingerprint density at radius 2 is 1.98 bits per heavy atom. The second kappa shape index (κ2) is 13.2. The quantitative estimate of drug-likeness (QED) is 0.212. The minimum absolute atomic E-state index is 0.0388. The lowest BCUT2D eigenvalue weighted by atomic mass is 10.0. The lowest BCUT2D eigenvalue weighted by molar-refractivity contribution is 0.0775. The Kier molecular flexibility index (Phi) is 9.74. The van der Waals surface area contributed by atoms with Gasteiger partial charge in [0.1, 0.15) is 0 Å². The first-order valence-corrected chi connectivity index (χ1v) is 15.0. The summed E-state index contributed by atoms with van der Waals surface area (Å²) in [6.07, 6.45) is 0.869. The van der Waals surface area contributed by atoms with Crippen molar-refractivity contribution in [2.75, 3.05) is 25.5 Å². The molecule has 13 heteroatoms. The molecule has 214 valence electrons. The van der Waals surface area contributed by atoms with Crippen molar-refractivity contribution < 1.29 is 27.5 Å². The number of aliphatic hydroxyl groups excluding tert-OH is 1. The molecular weight excluding hydrogens is 554 g/mol. The number of nitrogens with zero attached hydrogens (tertiary/aromatic N) is 3. The van der Waals surface area contributed by atoms with E-state index in [4.69, 9.17) is 9.15 Å². The highest BCUT2D eigenvalue weighted by Gasteiger charge is 2.36. The zero-order valence-electron chi connectivity index (χ0n) is 22.5. The first-order chi connectivity index (χ1) is 19.2. The maximum absolute atomic E-state index is 14.2. The van der Waals surface area contributed by atoms with E-state index in [1.165, 1.54) is 34.3 Å². The highest BCUT2D eigenvalue weighted by atomic mass is 32.2. The van der Waals surface area contributed by atoms with Crippen molar-refractivity contribution in [3.63, 3.8) is 0 Å². The zero-order chi connectivity index (χ0) is 28.7. The van der Waals surface area contributed by atoms with E-state index >= 15 is 0 Å². The van der Waals surface area contributed by atoms with Crippen LogP contribution >= 0.6 is 11.3 Å². The lowest BCUT2D eigenvalue weighted by Gasteiger charge is -2.35. The molecule has 0 radical (unpaired) electrons. The van der Waals surface area contributed by atoms with Gasteiger partial charge in [-0.2, -0.15) is 4.31 Å². The number of amides is 1. The monoisotopic (exact) mass is 587 g/mol. The molecule has 2 atom stereocenters. The van der Waals surface area contributed by atoms with Crippen LogP contribution in [0.15, 0.2) is 70.4 Å². The summed E-state index contributed by atoms with van der Waals surface area (Å²) in [6.45, 7) is 3.64. The van der Waals surface area contributed by atoms with Crippen LogP contribution in [0, 0.1) is 5.92 Å². The van der Waals surface area contributed by atoms with Crippen LogP contribution in [0.25, 0.3) is 10.2 Å². The van der Waals surface area contributed by atoms with Gasteiger partial charge in [-0.15, -0.1) is 0 Å². The SMILES string of the molecule is CNc1nc2ccc(S(=O)(=O)N(CC(C)C)C(Cc3ccccc3)C(O)CNC(=O)OCc3cnco3)cc2s1. The Morgan fingerprint density at radius 3 is 2.65 bits per heavy atom. The number of benzene rings is 2. The average molecular weight is 588 g/mol. The first kappa shape index (κ1) is 29.5. The molecule has 2 aromatic heterocycles. The van der Waals surface area contributed by atoms with Gasteiger partial charge in [-0.05, 0) is 36.1 Å². The molecule has 0 spiro atoms. The maximum Gasteiger partial charge on any atom is 0.407 e. The predicted molar refractivity (Wildman–Crippen MR) is 153 cm³/mol. The van der Waals surface area contributed by atoms with E-state index in [0.717, 1.165) is 10.3 Å². The van der Waals surface area contributed by atoms with E-state index in [2.05, 4.69) is 20.6 Å². The topological polar surface area (TPSA) is 147 Å². The average Bonchev–Trinajstić information content (AvgIpc) is 3.62. The molecule has 1 amide bonds. The minimum Gasteiger partial charge on any atom is -0.445 e. The van der Waals surface area contributed by atoms with Crippen LogP contribution in [0.2, 0.25) is 0 Å². The van der Waals surface area contributed by atoms with Crippen LogP contribution in [0.1, 0.15) is 25.2 Å². The van der Waals surface area contributed by atoms with Crippen LogP contribution in [0.4, 0.5) is 9.93 Å². The van der Waals surface area contributed by atoms with Crippen molar-refractivity contribution in [1.82, 2.24) is 19.6 Å². The molecule has 2 aromatic carbocycles. The van der Waals surface area contributed by atoms with Crippen molar-refractivity contribution in [1.29, 1.82) is 0 Å². The number of alkyl carbamates (subject to hydrolysis) is 1. The predicted octanol–water partition coefficient (Wildman–Crippen LogP) is 3.87. The summed E-state index contributed by atoms with van der Waals surface area (Å²) < 4.78 is 40.5. The lowest BCUT2D eigenvalue weighted by Crippen LogP contribution is -2.52. The van der Waals surface area contributed by atoms with E-state index in [9.17, 15) is 18.3 Å². The fourth-order valence-corrected chi connectivity index (χ4v) is 6.97. The number of oxazole rings is 1. The van der Waals surface area contributed by atoms with E-state index in [1.54, 1.807) is 19.2 Å². The van der Waals surface area contributed by atoms with Gasteiger partial charge in [0.15, 0.2) is 23.9 Å². The molecule has 0 saturated heterocycles. The zero-order valence-corrected chi connectivity index (χ0v) is 24.1. The smallest absolute Gasteiger partial charge is 0.407 e. The van der Waals surface area contributed by atoms with Gasteiger partial charge >= 0.3 is 6.09 Å². The number of hydrogen-bond donors (Lipinski definition) is 3. The third kappa shape index (κ3) is 7.36. The third-order valence-electron chi connectivity index (χ3n) is 6.11. The second-order valence-electron chi connectivity index (χ2n) is 9.62. The highest BCUT2D eigenvalue weighted by molar-refractivity contribution is 7.89. The second-order valence-corrected chi connectivity index (χ2v) is 12.5. The molecule has 2 heterocycles. The molecule has 40 heavy (non-hydrogen) atoms. The molecule has 0 fully saturated rings. The summed E-state index contributed by atoms with van der Waals surface area (Å²) in [5.41, 5.74) is 1.54. The summed E-state index contributed by atoms with van der Waals surface area (Å²) in [5, 5.41) is 17.6. The van der Waals surface area contributed by atoms with Crippen molar-refractivity contribution in [2.24, 2.45) is 5.92 Å². The summed E-state index contributed by atoms with van der Waals surface area (Å²) in [4.78, 5) is 20.6. The molecule has 0 aliphatic rings. The van der Waals surface area contributed by atoms with Gasteiger partial charge in [-0.1, -0.05) is 55.5 Å². The van der Waals surface area contributed by atoms with Gasteiger partial charge in [0.2, 0.25) is 10.0 Å². The van der Waals surface area contributed by atoms with Crippen LogP contribution in [-0.2, 0) is 27.8 Å². The molecule has 0 aliphatic heterocycles. The van der Waals surface area contributed by atoms with E-state index in [1.807, 2.05) is 44.2 Å². The number of nitrogens with one attached hydrogen (secondary N) is 2. The number of rotatable bonds is 13. The number of carbonyl (C=O) groups is 1. The number of aliphatic hydroxyl groups is 1.